The summed E-state index contributed by atoms with van der Waals surface area (Å²) in [6.07, 6.45) is 0.322. The molecule has 2 saturated heterocycles. The maximum atomic E-state index is 14.3. The van der Waals surface area contributed by atoms with E-state index in [9.17, 15) is 56.3 Å². The molecule has 2 aliphatic heterocycles. The molecule has 80 heavy (non-hydrogen) atoms. The van der Waals surface area contributed by atoms with E-state index >= 15 is 0 Å². The molecule has 2 aliphatic rings. The van der Waals surface area contributed by atoms with Crippen LogP contribution in [0.4, 0.5) is 23.7 Å². The second-order valence-corrected chi connectivity index (χ2v) is 20.0. The van der Waals surface area contributed by atoms with Gasteiger partial charge < -0.3 is 40.3 Å². The number of H-pyrrole nitrogens is 1. The first-order valence-electron chi connectivity index (χ1n) is 25.1. The zero-order valence-corrected chi connectivity index (χ0v) is 47.3. The number of amides is 6. The largest absolute Gasteiger partial charge is 0.478 e. The van der Waals surface area contributed by atoms with Crippen LogP contribution in [-0.2, 0) is 28.7 Å². The van der Waals surface area contributed by atoms with Gasteiger partial charge in [-0.2, -0.15) is 0 Å². The second-order valence-electron chi connectivity index (χ2n) is 20.0. The summed E-state index contributed by atoms with van der Waals surface area (Å²) in [4.78, 5) is 116. The highest BCUT2D eigenvalue weighted by Gasteiger charge is 2.58. The highest BCUT2D eigenvalue weighted by Crippen LogP contribution is 2.41. The first kappa shape index (κ1) is 66.2. The van der Waals surface area contributed by atoms with Crippen molar-refractivity contribution in [2.75, 3.05) is 39.3 Å². The number of methoxy groups -OCH3 is 2. The number of likely N-dealkylation sites (tertiary alicyclic amines) is 1. The van der Waals surface area contributed by atoms with Gasteiger partial charge in [-0.25, -0.2) is 32.3 Å². The first-order chi connectivity index (χ1) is 37.0. The molecule has 3 atom stereocenters. The zero-order chi connectivity index (χ0) is 59.4. The Morgan fingerprint density at radius 1 is 0.675 bits per heavy atom. The smallest absolute Gasteiger partial charge is 0.417 e. The third-order valence-corrected chi connectivity index (χ3v) is 13.1. The molecular weight excluding hydrogens is 1070 g/mol. The number of aromatic amines is 1. The number of rotatable bonds is 12. The molecule has 0 radical (unpaired) electrons. The molecule has 24 heteroatoms. The number of carboxylic acid groups (broad SMARTS) is 1. The maximum absolute atomic E-state index is 14.3. The number of esters is 2. The number of anilines is 1. The Balaban J connectivity index is 0.000000345. The van der Waals surface area contributed by atoms with Gasteiger partial charge in [0.1, 0.15) is 41.1 Å². The summed E-state index contributed by atoms with van der Waals surface area (Å²) in [6, 6.07) is 14.5. The minimum atomic E-state index is -1.23. The van der Waals surface area contributed by atoms with Gasteiger partial charge in [0, 0.05) is 26.2 Å². The summed E-state index contributed by atoms with van der Waals surface area (Å²) in [5, 5.41) is 13.6. The second kappa shape index (κ2) is 28.7. The summed E-state index contributed by atoms with van der Waals surface area (Å²) in [7, 11) is 4.00. The molecule has 0 unspecified atom stereocenters. The maximum Gasteiger partial charge on any atom is 0.417 e. The number of carbonyl (C=O) groups excluding carboxylic acids is 7. The van der Waals surface area contributed by atoms with Crippen LogP contribution in [0.5, 0.6) is 0 Å². The molecule has 2 fully saturated rings. The van der Waals surface area contributed by atoms with E-state index in [1.54, 1.807) is 77.6 Å². The monoisotopic (exact) mass is 1140 g/mol. The summed E-state index contributed by atoms with van der Waals surface area (Å²) >= 11 is 0. The lowest BCUT2D eigenvalue weighted by Crippen LogP contribution is -2.60. The molecule has 434 valence electrons. The molecule has 4 aromatic carbocycles. The molecular formula is C56H69ClF3N7O13. The molecule has 20 nitrogen and oxygen atoms in total. The number of nitrogens with one attached hydrogen (secondary N) is 3. The predicted molar refractivity (Wildman–Crippen MR) is 293 cm³/mol. The number of oxazole rings is 1. The van der Waals surface area contributed by atoms with Gasteiger partial charge in [-0.15, -0.1) is 12.4 Å². The lowest BCUT2D eigenvalue weighted by molar-refractivity contribution is -0.144. The van der Waals surface area contributed by atoms with E-state index in [0.29, 0.717) is 16.8 Å². The number of benzene rings is 4. The van der Waals surface area contributed by atoms with E-state index in [-0.39, 0.29) is 96.1 Å². The van der Waals surface area contributed by atoms with Crippen molar-refractivity contribution in [2.24, 2.45) is 23.5 Å². The first-order valence-corrected chi connectivity index (χ1v) is 25.1. The van der Waals surface area contributed by atoms with E-state index in [0.717, 1.165) is 22.1 Å². The Labute approximate surface area is 466 Å². The van der Waals surface area contributed by atoms with Crippen LogP contribution in [0.1, 0.15) is 102 Å². The number of nitrogens with two attached hydrogens (primary N) is 1. The Morgan fingerprint density at radius 3 is 1.54 bits per heavy atom. The fourth-order valence-corrected chi connectivity index (χ4v) is 8.40. The number of hydrogen-bond acceptors (Lipinski definition) is 13. The minimum Gasteiger partial charge on any atom is -0.478 e. The number of halogens is 4. The number of imide groups is 1. The predicted octanol–water partition coefficient (Wildman–Crippen LogP) is 7.24. The summed E-state index contributed by atoms with van der Waals surface area (Å²) in [5.41, 5.74) is 7.01. The number of nitrogens with zero attached hydrogens (tertiary/aromatic N) is 3. The number of fused-ring (bicyclic) bond motifs is 1. The number of aromatic carboxylic acids is 1. The fraction of sp³-hybridized carbons (Fsp3) is 0.411. The number of aromatic nitrogens is 1. The molecule has 6 N–H and O–H groups in total. The van der Waals surface area contributed by atoms with Crippen LogP contribution >= 0.6 is 12.4 Å². The van der Waals surface area contributed by atoms with Gasteiger partial charge in [0.25, 0.3) is 17.7 Å². The SMILES string of the molecule is COC(=O)[C@H](N)C(C)C.COC(=O)[C@H](NC(=O)c1cc(C)ccc1F)C(C)C.Cc1ccc(F)c(C(=O)N[C@@H](C(=O)N2CCC3(CC2)C(=O)N(C)C(=O)N3c2ccc3[nH]c(=O)oc3c2)C(C)C)c1.Cc1ccc(F)c(C(=O)O)c1.Cl. The Morgan fingerprint density at radius 2 is 1.12 bits per heavy atom. The van der Waals surface area contributed by atoms with Crippen molar-refractivity contribution in [1.82, 2.24) is 25.4 Å². The standard InChI is InChI=1S/C28H30FN5O6.C14H18FNO3.C8H7FO2.C6H13NO2.ClH/c1-15(2)22(31-23(35)18-13-16(3)5-7-19(18)29)24(36)33-11-9-28(10-12-33)25(37)32(4)27(39)34(28)17-6-8-20-21(14-17)40-26(38)30-20;1-8(2)12(14(18)19-4)16-13(17)10-7-9(3)5-6-11(10)15;1-5-2-3-7(9)6(4-5)8(10)11;1-4(2)5(7)6(8)9-3;/h5-8,13-15,22H,9-12H2,1-4H3,(H,30,38)(H,31,35);5-8,12H,1-4H3,(H,16,17);2-4H,1H3,(H,10,11);4-5H,7H2,1-3H3;1H/t22-;12-;;5-;/m11.1./s1. The van der Waals surface area contributed by atoms with Gasteiger partial charge in [-0.1, -0.05) is 76.4 Å². The average Bonchev–Trinajstić information content (AvgIpc) is 3.87. The fourth-order valence-electron chi connectivity index (χ4n) is 8.40. The van der Waals surface area contributed by atoms with Crippen molar-refractivity contribution < 1.29 is 70.5 Å². The third-order valence-electron chi connectivity index (χ3n) is 13.1. The van der Waals surface area contributed by atoms with Gasteiger partial charge in [-0.05, 0) is 99.9 Å². The van der Waals surface area contributed by atoms with Crippen LogP contribution < -0.4 is 27.0 Å². The van der Waals surface area contributed by atoms with Crippen molar-refractivity contribution in [3.8, 4) is 0 Å². The Hall–Kier alpha value is -8.05. The van der Waals surface area contributed by atoms with Crippen molar-refractivity contribution in [3.63, 3.8) is 0 Å². The lowest BCUT2D eigenvalue weighted by Gasteiger charge is -2.43. The highest BCUT2D eigenvalue weighted by molar-refractivity contribution is 6.17. The average molecular weight is 1140 g/mol. The van der Waals surface area contributed by atoms with E-state index in [1.165, 1.54) is 68.6 Å². The van der Waals surface area contributed by atoms with E-state index in [4.69, 9.17) is 15.3 Å². The van der Waals surface area contributed by atoms with Crippen LogP contribution in [0.15, 0.2) is 82.0 Å². The van der Waals surface area contributed by atoms with Crippen LogP contribution in [0.25, 0.3) is 11.1 Å². The van der Waals surface area contributed by atoms with E-state index in [2.05, 4.69) is 25.1 Å². The quantitative estimate of drug-likeness (QED) is 0.0608. The Kier molecular flexibility index (Phi) is 23.8. The summed E-state index contributed by atoms with van der Waals surface area (Å²) < 4.78 is 54.7. The molecule has 7 rings (SSSR count). The number of ether oxygens (including phenoxy) is 2. The number of carbonyl (C=O) groups is 8. The van der Waals surface area contributed by atoms with Gasteiger partial charge >= 0.3 is 29.7 Å². The molecule has 1 spiro atoms. The number of aryl methyl sites for hydroxylation is 3. The van der Waals surface area contributed by atoms with Gasteiger partial charge in [-0.3, -0.25) is 38.8 Å². The Bertz CT molecular complexity index is 3140. The summed E-state index contributed by atoms with van der Waals surface area (Å²) in [6.45, 7) is 16.4. The minimum absolute atomic E-state index is 0. The van der Waals surface area contributed by atoms with Gasteiger partial charge in [0.05, 0.1) is 42.1 Å². The molecule has 0 aliphatic carbocycles. The van der Waals surface area contributed by atoms with Crippen LogP contribution in [0, 0.1) is 56.0 Å². The molecule has 5 aromatic rings. The van der Waals surface area contributed by atoms with Crippen molar-refractivity contribution in [3.05, 3.63) is 134 Å². The zero-order valence-electron chi connectivity index (χ0n) is 46.5. The molecule has 0 saturated carbocycles. The number of urea groups is 1. The van der Waals surface area contributed by atoms with Crippen LogP contribution in [0.2, 0.25) is 0 Å². The summed E-state index contributed by atoms with van der Waals surface area (Å²) in [5.74, 6) is -7.06. The molecule has 0 bridgehead atoms. The van der Waals surface area contributed by atoms with Crippen molar-refractivity contribution >= 4 is 76.8 Å². The normalized spacial score (nSPS) is 14.6. The van der Waals surface area contributed by atoms with Crippen LogP contribution in [-0.4, -0.2) is 125 Å². The number of hydrogen-bond donors (Lipinski definition) is 5. The number of piperidine rings is 1. The van der Waals surface area contributed by atoms with Crippen molar-refractivity contribution in [2.45, 2.75) is 98.8 Å². The van der Waals surface area contributed by atoms with Crippen LogP contribution in [0.3, 0.4) is 0 Å². The van der Waals surface area contributed by atoms with Crippen molar-refractivity contribution in [1.29, 1.82) is 0 Å². The number of likely N-dealkylation sites (N-methyl/N-ethyl adjacent to an activating group) is 1. The van der Waals surface area contributed by atoms with E-state index in [1.807, 2.05) is 13.8 Å². The van der Waals surface area contributed by atoms with Gasteiger partial charge in [0.15, 0.2) is 5.58 Å². The number of carboxylic acids is 1. The third kappa shape index (κ3) is 16.0. The lowest BCUT2D eigenvalue weighted by atomic mass is 9.85. The molecule has 1 aromatic heterocycles. The van der Waals surface area contributed by atoms with Gasteiger partial charge in [0.2, 0.25) is 5.91 Å². The molecule has 6 amide bonds. The molecule has 3 heterocycles. The topological polar surface area (TPSA) is 281 Å². The van der Waals surface area contributed by atoms with E-state index < -0.39 is 76.7 Å². The highest BCUT2D eigenvalue weighted by atomic mass is 35.5.